The summed E-state index contributed by atoms with van der Waals surface area (Å²) in [7, 11) is 0. The van der Waals surface area contributed by atoms with Crippen LogP contribution in [0, 0.1) is 17.0 Å². The van der Waals surface area contributed by atoms with Crippen molar-refractivity contribution >= 4 is 11.5 Å². The van der Waals surface area contributed by atoms with Gasteiger partial charge in [-0.3, -0.25) is 14.9 Å². The maximum Gasteiger partial charge on any atom is 0.311 e. The summed E-state index contributed by atoms with van der Waals surface area (Å²) in [6, 6.07) is 4.72. The molecule has 0 aliphatic rings. The maximum atomic E-state index is 10.7. The predicted octanol–water partition coefficient (Wildman–Crippen LogP) is 2.26. The number of nitrogens with zero attached hydrogens (tertiary/aromatic N) is 1. The van der Waals surface area contributed by atoms with Gasteiger partial charge in [0.15, 0.2) is 5.75 Å². The smallest absolute Gasteiger partial charge is 0.311 e. The van der Waals surface area contributed by atoms with Gasteiger partial charge in [-0.15, -0.1) is 0 Å². The lowest BCUT2D eigenvalue weighted by molar-refractivity contribution is -0.385. The minimum absolute atomic E-state index is 0.00348. The Morgan fingerprint density at radius 3 is 2.75 bits per heavy atom. The van der Waals surface area contributed by atoms with E-state index < -0.39 is 4.92 Å². The van der Waals surface area contributed by atoms with Crippen molar-refractivity contribution in [2.75, 3.05) is 6.61 Å². The lowest BCUT2D eigenvalue weighted by atomic mass is 10.2. The summed E-state index contributed by atoms with van der Waals surface area (Å²) in [6.07, 6.45) is 0.255. The number of nitro groups is 1. The molecule has 1 aromatic carbocycles. The summed E-state index contributed by atoms with van der Waals surface area (Å²) < 4.78 is 5.28. The van der Waals surface area contributed by atoms with E-state index in [9.17, 15) is 14.9 Å². The molecule has 0 aliphatic carbocycles. The highest BCUT2D eigenvalue weighted by atomic mass is 16.6. The van der Waals surface area contributed by atoms with E-state index in [2.05, 4.69) is 0 Å². The van der Waals surface area contributed by atoms with Gasteiger partial charge in [-0.2, -0.15) is 0 Å². The van der Waals surface area contributed by atoms with Gasteiger partial charge in [-0.05, 0) is 19.4 Å². The molecule has 0 fully saturated rings. The molecule has 0 saturated heterocycles. The number of hydrogen-bond donors (Lipinski definition) is 0. The number of Topliss-reactive ketones (excluding diaryl/α,β-unsaturated/α-hetero) is 1. The number of hydrogen-bond acceptors (Lipinski definition) is 4. The second-order valence-electron chi connectivity index (χ2n) is 3.48. The Morgan fingerprint density at radius 2 is 2.19 bits per heavy atom. The number of ether oxygens (including phenoxy) is 1. The fraction of sp³-hybridized carbons (Fsp3) is 0.364. The summed E-state index contributed by atoms with van der Waals surface area (Å²) in [4.78, 5) is 21.0. The van der Waals surface area contributed by atoms with Gasteiger partial charge < -0.3 is 4.74 Å². The van der Waals surface area contributed by atoms with Crippen LogP contribution < -0.4 is 4.74 Å². The summed E-state index contributed by atoms with van der Waals surface area (Å²) >= 11 is 0. The van der Waals surface area contributed by atoms with Gasteiger partial charge in [0.1, 0.15) is 5.78 Å². The molecule has 0 unspecified atom stereocenters. The normalized spacial score (nSPS) is 9.88. The van der Waals surface area contributed by atoms with Crippen LogP contribution in [0.25, 0.3) is 0 Å². The van der Waals surface area contributed by atoms with Gasteiger partial charge >= 0.3 is 5.69 Å². The van der Waals surface area contributed by atoms with Crippen molar-refractivity contribution in [3.8, 4) is 5.75 Å². The van der Waals surface area contributed by atoms with Crippen molar-refractivity contribution in [3.05, 3.63) is 33.9 Å². The molecule has 0 heterocycles. The number of aryl methyl sites for hydroxylation is 1. The average molecular weight is 223 g/mol. The molecule has 1 rings (SSSR count). The lowest BCUT2D eigenvalue weighted by Crippen LogP contribution is -2.05. The molecular weight excluding hydrogens is 210 g/mol. The van der Waals surface area contributed by atoms with Gasteiger partial charge in [0, 0.05) is 12.5 Å². The van der Waals surface area contributed by atoms with E-state index in [1.54, 1.807) is 19.1 Å². The van der Waals surface area contributed by atoms with Crippen molar-refractivity contribution in [1.82, 2.24) is 0 Å². The van der Waals surface area contributed by atoms with Gasteiger partial charge in [0.25, 0.3) is 0 Å². The van der Waals surface area contributed by atoms with Gasteiger partial charge in [-0.1, -0.05) is 12.1 Å². The van der Waals surface area contributed by atoms with Gasteiger partial charge in [0.2, 0.25) is 0 Å². The van der Waals surface area contributed by atoms with Crippen LogP contribution in [0.4, 0.5) is 5.69 Å². The van der Waals surface area contributed by atoms with E-state index in [0.717, 1.165) is 0 Å². The van der Waals surface area contributed by atoms with Gasteiger partial charge in [-0.25, -0.2) is 0 Å². The summed E-state index contributed by atoms with van der Waals surface area (Å²) in [5, 5.41) is 10.7. The second-order valence-corrected chi connectivity index (χ2v) is 3.48. The molecule has 0 saturated carbocycles. The van der Waals surface area contributed by atoms with Crippen LogP contribution in [-0.2, 0) is 4.79 Å². The number of benzene rings is 1. The molecule has 86 valence electrons. The number of para-hydroxylation sites is 1. The summed E-state index contributed by atoms with van der Waals surface area (Å²) in [5.74, 6) is 0.241. The Balaban J connectivity index is 2.84. The molecule has 0 spiro atoms. The minimum atomic E-state index is -0.490. The Morgan fingerprint density at radius 1 is 1.50 bits per heavy atom. The van der Waals surface area contributed by atoms with Gasteiger partial charge in [0.05, 0.1) is 11.5 Å². The average Bonchev–Trinajstić information content (AvgIpc) is 2.19. The zero-order valence-electron chi connectivity index (χ0n) is 9.23. The molecule has 1 aromatic rings. The molecule has 0 atom stereocenters. The monoisotopic (exact) mass is 223 g/mol. The largest absolute Gasteiger partial charge is 0.486 e. The Bertz CT molecular complexity index is 414. The zero-order chi connectivity index (χ0) is 12.1. The van der Waals surface area contributed by atoms with E-state index in [1.807, 2.05) is 0 Å². The van der Waals surface area contributed by atoms with Crippen LogP contribution in [-0.4, -0.2) is 17.3 Å². The number of rotatable bonds is 5. The Hall–Kier alpha value is -1.91. The van der Waals surface area contributed by atoms with E-state index in [-0.39, 0.29) is 30.2 Å². The van der Waals surface area contributed by atoms with Crippen LogP contribution in [0.2, 0.25) is 0 Å². The minimum Gasteiger partial charge on any atom is -0.486 e. The lowest BCUT2D eigenvalue weighted by Gasteiger charge is -2.08. The number of carbonyl (C=O) groups excluding carboxylic acids is 1. The molecule has 5 nitrogen and oxygen atoms in total. The first-order valence-electron chi connectivity index (χ1n) is 4.88. The van der Waals surface area contributed by atoms with Crippen LogP contribution in [0.15, 0.2) is 18.2 Å². The molecule has 0 amide bonds. The first-order valence-corrected chi connectivity index (χ1v) is 4.88. The molecule has 5 heteroatoms. The third kappa shape index (κ3) is 3.05. The highest BCUT2D eigenvalue weighted by molar-refractivity contribution is 5.75. The highest BCUT2D eigenvalue weighted by Gasteiger charge is 2.16. The van der Waals surface area contributed by atoms with Crippen LogP contribution in [0.3, 0.4) is 0 Å². The van der Waals surface area contributed by atoms with Crippen LogP contribution in [0.5, 0.6) is 5.75 Å². The fourth-order valence-electron chi connectivity index (χ4n) is 1.27. The van der Waals surface area contributed by atoms with Crippen molar-refractivity contribution < 1.29 is 14.5 Å². The fourth-order valence-corrected chi connectivity index (χ4v) is 1.27. The second kappa shape index (κ2) is 5.25. The quantitative estimate of drug-likeness (QED) is 0.567. The summed E-state index contributed by atoms with van der Waals surface area (Å²) in [6.45, 7) is 3.35. The van der Waals surface area contributed by atoms with Crippen molar-refractivity contribution in [2.45, 2.75) is 20.3 Å². The van der Waals surface area contributed by atoms with Crippen molar-refractivity contribution in [3.63, 3.8) is 0 Å². The Labute approximate surface area is 93.2 Å². The SMILES string of the molecule is CC(=O)CCOc1c(C)cccc1[N+](=O)[O-]. The van der Waals surface area contributed by atoms with Crippen molar-refractivity contribution in [2.24, 2.45) is 0 Å². The van der Waals surface area contributed by atoms with E-state index in [1.165, 1.54) is 13.0 Å². The molecule has 16 heavy (non-hydrogen) atoms. The maximum absolute atomic E-state index is 10.7. The molecule has 0 aliphatic heterocycles. The number of nitro benzene ring substituents is 1. The van der Waals surface area contributed by atoms with Crippen LogP contribution in [0.1, 0.15) is 18.9 Å². The van der Waals surface area contributed by atoms with E-state index in [4.69, 9.17) is 4.74 Å². The molecule has 0 bridgehead atoms. The molecule has 0 N–H and O–H groups in total. The third-order valence-electron chi connectivity index (χ3n) is 2.09. The number of carbonyl (C=O) groups is 1. The first kappa shape index (κ1) is 12.2. The third-order valence-corrected chi connectivity index (χ3v) is 2.09. The zero-order valence-corrected chi connectivity index (χ0v) is 9.23. The van der Waals surface area contributed by atoms with Crippen LogP contribution >= 0.6 is 0 Å². The Kier molecular flexibility index (Phi) is 3.99. The molecule has 0 radical (unpaired) electrons. The van der Waals surface area contributed by atoms with E-state index in [0.29, 0.717) is 5.56 Å². The topological polar surface area (TPSA) is 69.4 Å². The number of ketones is 1. The molecular formula is C11H13NO4. The standard InChI is InChI=1S/C11H13NO4/c1-8-4-3-5-10(12(14)15)11(8)16-7-6-9(2)13/h3-5H,6-7H2,1-2H3. The molecule has 0 aromatic heterocycles. The highest BCUT2D eigenvalue weighted by Crippen LogP contribution is 2.30. The van der Waals surface area contributed by atoms with E-state index >= 15 is 0 Å². The first-order chi connectivity index (χ1) is 7.52. The van der Waals surface area contributed by atoms with Crippen molar-refractivity contribution in [1.29, 1.82) is 0 Å². The predicted molar refractivity (Wildman–Crippen MR) is 58.6 cm³/mol. The summed E-state index contributed by atoms with van der Waals surface area (Å²) in [5.41, 5.74) is 0.626.